The molecule has 0 bridgehead atoms. The molecular weight excluding hydrogens is 364 g/mol. The lowest BCUT2D eigenvalue weighted by molar-refractivity contribution is -0.131. The maximum Gasteiger partial charge on any atom is 0.264 e. The van der Waals surface area contributed by atoms with Crippen LogP contribution < -0.4 is 5.32 Å². The third-order valence-corrected chi connectivity index (χ3v) is 5.05. The molecule has 0 radical (unpaired) electrons. The summed E-state index contributed by atoms with van der Waals surface area (Å²) in [6.07, 6.45) is 5.37. The van der Waals surface area contributed by atoms with Gasteiger partial charge in [0.2, 0.25) is 6.10 Å². The molecule has 2 aromatic carbocycles. The molecule has 1 amide bonds. The van der Waals surface area contributed by atoms with Crippen molar-refractivity contribution in [3.8, 4) is 5.69 Å². The smallest absolute Gasteiger partial charge is 0.264 e. The molecular formula is C23H24N4O2. The van der Waals surface area contributed by atoms with E-state index in [1.54, 1.807) is 10.9 Å². The Labute approximate surface area is 170 Å². The molecule has 0 aliphatic carbocycles. The minimum Gasteiger partial charge on any atom is -0.382 e. The zero-order valence-corrected chi connectivity index (χ0v) is 16.4. The number of aromatic nitrogens is 2. The van der Waals surface area contributed by atoms with Gasteiger partial charge in [-0.3, -0.25) is 4.79 Å². The molecule has 2 atom stereocenters. The summed E-state index contributed by atoms with van der Waals surface area (Å²) in [5.74, 6) is -0.150. The van der Waals surface area contributed by atoms with Gasteiger partial charge in [0, 0.05) is 18.2 Å². The number of carbonyl (C=O) groups is 1. The van der Waals surface area contributed by atoms with Crippen molar-refractivity contribution in [3.05, 3.63) is 84.2 Å². The van der Waals surface area contributed by atoms with Crippen LogP contribution in [0, 0.1) is 0 Å². The van der Waals surface area contributed by atoms with Crippen LogP contribution in [0.5, 0.6) is 0 Å². The molecule has 0 saturated heterocycles. The van der Waals surface area contributed by atoms with E-state index in [9.17, 15) is 4.79 Å². The van der Waals surface area contributed by atoms with E-state index in [2.05, 4.69) is 27.7 Å². The predicted molar refractivity (Wildman–Crippen MR) is 112 cm³/mol. The Morgan fingerprint density at radius 1 is 1.14 bits per heavy atom. The number of aryl methyl sites for hydroxylation is 1. The van der Waals surface area contributed by atoms with Crippen LogP contribution in [0.1, 0.15) is 36.9 Å². The average Bonchev–Trinajstić information content (AvgIpc) is 3.44. The third-order valence-electron chi connectivity index (χ3n) is 5.05. The summed E-state index contributed by atoms with van der Waals surface area (Å²) in [6.45, 7) is 1.94. The maximum atomic E-state index is 12.6. The molecule has 0 spiro atoms. The Bertz CT molecular complexity index is 982. The molecule has 1 aromatic heterocycles. The van der Waals surface area contributed by atoms with Crippen molar-refractivity contribution < 1.29 is 9.63 Å². The molecule has 2 heterocycles. The fourth-order valence-corrected chi connectivity index (χ4v) is 3.32. The fraction of sp³-hybridized carbons (Fsp3) is 0.261. The number of hydrogen-bond acceptors (Lipinski definition) is 4. The second-order valence-corrected chi connectivity index (χ2v) is 7.23. The van der Waals surface area contributed by atoms with E-state index >= 15 is 0 Å². The van der Waals surface area contributed by atoms with Crippen LogP contribution in [0.2, 0.25) is 0 Å². The maximum absolute atomic E-state index is 12.6. The Morgan fingerprint density at radius 3 is 2.62 bits per heavy atom. The van der Waals surface area contributed by atoms with Crippen LogP contribution in [0.3, 0.4) is 0 Å². The summed E-state index contributed by atoms with van der Waals surface area (Å²) in [6, 6.07) is 20.0. The van der Waals surface area contributed by atoms with Gasteiger partial charge in [-0.05, 0) is 37.5 Å². The van der Waals surface area contributed by atoms with Gasteiger partial charge in [0.25, 0.3) is 5.91 Å². The van der Waals surface area contributed by atoms with Crippen LogP contribution in [0.15, 0.2) is 78.2 Å². The van der Waals surface area contributed by atoms with Crippen molar-refractivity contribution >= 4 is 11.6 Å². The molecule has 3 aromatic rings. The van der Waals surface area contributed by atoms with Crippen LogP contribution in [-0.4, -0.2) is 27.5 Å². The Hall–Kier alpha value is -3.41. The fourth-order valence-electron chi connectivity index (χ4n) is 3.32. The summed E-state index contributed by atoms with van der Waals surface area (Å²) in [4.78, 5) is 18.0. The Balaban J connectivity index is 1.28. The number of amides is 1. The number of hydrogen-bond donors (Lipinski definition) is 1. The minimum atomic E-state index is -0.563. The monoisotopic (exact) mass is 388 g/mol. The van der Waals surface area contributed by atoms with Gasteiger partial charge in [-0.1, -0.05) is 53.7 Å². The molecule has 0 saturated carbocycles. The second kappa shape index (κ2) is 8.73. The topological polar surface area (TPSA) is 68.5 Å². The standard InChI is InChI=1S/C23H24N4O2/c1-17(19-15-24-27(16-19)21-10-6-3-7-11-21)25-23(28)22-14-20(26-29-22)13-12-18-8-4-2-5-9-18/h2-11,15-17,22H,12-14H2,1H3,(H,25,28). The first kappa shape index (κ1) is 18.9. The van der Waals surface area contributed by atoms with Crippen molar-refractivity contribution in [1.82, 2.24) is 15.1 Å². The largest absolute Gasteiger partial charge is 0.382 e. The number of nitrogens with zero attached hydrogens (tertiary/aromatic N) is 3. The van der Waals surface area contributed by atoms with Crippen molar-refractivity contribution in [2.75, 3.05) is 0 Å². The number of oxime groups is 1. The lowest BCUT2D eigenvalue weighted by Crippen LogP contribution is -2.36. The quantitative estimate of drug-likeness (QED) is 0.669. The third kappa shape index (κ3) is 4.71. The SMILES string of the molecule is CC(NC(=O)C1CC(CCc2ccccc2)=NO1)c1cnn(-c2ccccc2)c1. The zero-order chi connectivity index (χ0) is 20.1. The highest BCUT2D eigenvalue weighted by Crippen LogP contribution is 2.18. The molecule has 6 nitrogen and oxygen atoms in total. The summed E-state index contributed by atoms with van der Waals surface area (Å²) in [7, 11) is 0. The highest BCUT2D eigenvalue weighted by Gasteiger charge is 2.29. The van der Waals surface area contributed by atoms with E-state index in [-0.39, 0.29) is 11.9 Å². The van der Waals surface area contributed by atoms with Crippen LogP contribution in [-0.2, 0) is 16.1 Å². The Morgan fingerprint density at radius 2 is 1.86 bits per heavy atom. The van der Waals surface area contributed by atoms with E-state index in [0.717, 1.165) is 29.8 Å². The van der Waals surface area contributed by atoms with Gasteiger partial charge in [-0.2, -0.15) is 5.10 Å². The van der Waals surface area contributed by atoms with Gasteiger partial charge >= 0.3 is 0 Å². The highest BCUT2D eigenvalue weighted by molar-refractivity contribution is 5.93. The van der Waals surface area contributed by atoms with Crippen molar-refractivity contribution in [3.63, 3.8) is 0 Å². The van der Waals surface area contributed by atoms with E-state index < -0.39 is 6.10 Å². The first-order valence-electron chi connectivity index (χ1n) is 9.85. The second-order valence-electron chi connectivity index (χ2n) is 7.23. The normalized spacial score (nSPS) is 16.7. The van der Waals surface area contributed by atoms with Gasteiger partial charge in [-0.25, -0.2) is 4.68 Å². The summed E-state index contributed by atoms with van der Waals surface area (Å²) < 4.78 is 1.80. The molecule has 0 fully saturated rings. The predicted octanol–water partition coefficient (Wildman–Crippen LogP) is 3.83. The molecule has 6 heteroatoms. The van der Waals surface area contributed by atoms with E-state index in [0.29, 0.717) is 6.42 Å². The molecule has 4 rings (SSSR count). The van der Waals surface area contributed by atoms with E-state index in [1.807, 2.05) is 61.7 Å². The molecule has 148 valence electrons. The number of benzene rings is 2. The number of nitrogens with one attached hydrogen (secondary N) is 1. The minimum absolute atomic E-state index is 0.150. The Kier molecular flexibility index (Phi) is 5.70. The lowest BCUT2D eigenvalue weighted by Gasteiger charge is -2.14. The van der Waals surface area contributed by atoms with E-state index in [1.165, 1.54) is 5.56 Å². The van der Waals surface area contributed by atoms with Crippen LogP contribution in [0.4, 0.5) is 0 Å². The number of rotatable bonds is 7. The van der Waals surface area contributed by atoms with Crippen LogP contribution in [0.25, 0.3) is 5.69 Å². The van der Waals surface area contributed by atoms with Gasteiger partial charge in [0.15, 0.2) is 0 Å². The molecule has 1 aliphatic rings. The summed E-state index contributed by atoms with van der Waals surface area (Å²) in [5, 5.41) is 11.5. The van der Waals surface area contributed by atoms with Crippen LogP contribution >= 0.6 is 0 Å². The first-order valence-corrected chi connectivity index (χ1v) is 9.85. The van der Waals surface area contributed by atoms with Gasteiger partial charge < -0.3 is 10.2 Å². The molecule has 2 unspecified atom stereocenters. The lowest BCUT2D eigenvalue weighted by atomic mass is 10.0. The first-order chi connectivity index (χ1) is 14.2. The molecule has 1 aliphatic heterocycles. The number of carbonyl (C=O) groups excluding carboxylic acids is 1. The number of para-hydroxylation sites is 1. The van der Waals surface area contributed by atoms with Crippen molar-refractivity contribution in [2.24, 2.45) is 5.16 Å². The van der Waals surface area contributed by atoms with Gasteiger partial charge in [0.1, 0.15) is 0 Å². The zero-order valence-electron chi connectivity index (χ0n) is 16.4. The van der Waals surface area contributed by atoms with E-state index in [4.69, 9.17) is 4.84 Å². The summed E-state index contributed by atoms with van der Waals surface area (Å²) >= 11 is 0. The average molecular weight is 388 g/mol. The highest BCUT2D eigenvalue weighted by atomic mass is 16.6. The van der Waals surface area contributed by atoms with Crippen molar-refractivity contribution in [2.45, 2.75) is 38.3 Å². The summed E-state index contributed by atoms with van der Waals surface area (Å²) in [5.41, 5.74) is 4.10. The molecule has 29 heavy (non-hydrogen) atoms. The van der Waals surface area contributed by atoms with Crippen molar-refractivity contribution in [1.29, 1.82) is 0 Å². The van der Waals surface area contributed by atoms with Gasteiger partial charge in [0.05, 0.1) is 23.6 Å². The molecule has 1 N–H and O–H groups in total. The van der Waals surface area contributed by atoms with Gasteiger partial charge in [-0.15, -0.1) is 0 Å².